The number of piperidine rings is 1. The molecule has 3 heterocycles. The molecule has 1 aromatic carbocycles. The van der Waals surface area contributed by atoms with Crippen molar-refractivity contribution < 1.29 is 4.79 Å². The smallest absolute Gasteiger partial charge is 0.290 e. The number of hydrogen-bond donors (Lipinski definition) is 1. The Kier molecular flexibility index (Phi) is 5.25. The molecule has 1 fully saturated rings. The van der Waals surface area contributed by atoms with E-state index in [1.165, 1.54) is 21.6 Å². The summed E-state index contributed by atoms with van der Waals surface area (Å²) in [5.41, 5.74) is 7.43. The largest absolute Gasteiger partial charge is 0.394 e. The number of aromatic nitrogens is 2. The Morgan fingerprint density at radius 2 is 2.04 bits per heavy atom. The molecule has 1 aliphatic heterocycles. The number of hydrogen-bond acceptors (Lipinski definition) is 5. The molecule has 144 valence electrons. The summed E-state index contributed by atoms with van der Waals surface area (Å²) in [6.07, 6.45) is 2.01. The van der Waals surface area contributed by atoms with Gasteiger partial charge in [0.15, 0.2) is 0 Å². The summed E-state index contributed by atoms with van der Waals surface area (Å²) in [6.45, 7) is 1.28. The summed E-state index contributed by atoms with van der Waals surface area (Å²) in [7, 11) is 0. The number of amides is 1. The van der Waals surface area contributed by atoms with Gasteiger partial charge in [-0.3, -0.25) is 9.59 Å². The molecule has 4 rings (SSSR count). The second-order valence-electron chi connectivity index (χ2n) is 7.01. The van der Waals surface area contributed by atoms with Gasteiger partial charge < -0.3 is 10.6 Å². The molecule has 3 aromatic rings. The van der Waals surface area contributed by atoms with E-state index in [-0.39, 0.29) is 18.1 Å². The minimum atomic E-state index is -0.426. The molecule has 0 bridgehead atoms. The highest BCUT2D eigenvalue weighted by atomic mass is 32.1. The van der Waals surface area contributed by atoms with E-state index in [0.29, 0.717) is 24.7 Å². The van der Waals surface area contributed by atoms with Crippen LogP contribution in [0.2, 0.25) is 0 Å². The first-order chi connectivity index (χ1) is 13.6. The van der Waals surface area contributed by atoms with Crippen molar-refractivity contribution in [1.82, 2.24) is 14.7 Å². The normalized spacial score (nSPS) is 16.9. The first-order valence-electron chi connectivity index (χ1n) is 9.36. The minimum Gasteiger partial charge on any atom is -0.394 e. The number of carbonyl (C=O) groups excluding carboxylic acids is 1. The average Bonchev–Trinajstić information content (AvgIpc) is 3.27. The van der Waals surface area contributed by atoms with Crippen molar-refractivity contribution >= 4 is 22.9 Å². The molecule has 28 heavy (non-hydrogen) atoms. The van der Waals surface area contributed by atoms with Gasteiger partial charge in [0.25, 0.3) is 5.56 Å². The fourth-order valence-electron chi connectivity index (χ4n) is 3.64. The average molecular weight is 395 g/mol. The third kappa shape index (κ3) is 3.84. The first-order valence-corrected chi connectivity index (χ1v) is 10.2. The summed E-state index contributed by atoms with van der Waals surface area (Å²) in [5.74, 6) is 0.226. The lowest BCUT2D eigenvalue weighted by atomic mass is 9.90. The van der Waals surface area contributed by atoms with Crippen LogP contribution < -0.4 is 11.3 Å². The van der Waals surface area contributed by atoms with Crippen LogP contribution in [0, 0.1) is 0 Å². The highest BCUT2D eigenvalue weighted by Crippen LogP contribution is 2.27. The van der Waals surface area contributed by atoms with E-state index in [2.05, 4.69) is 17.2 Å². The Hall–Kier alpha value is -2.93. The SMILES string of the molecule is Nc1cc(-c2cccs2)nn(CC(=O)N2CCC[C@@H](c3ccccc3)C2)c1=O. The van der Waals surface area contributed by atoms with Gasteiger partial charge in [-0.1, -0.05) is 36.4 Å². The minimum absolute atomic E-state index is 0.0935. The number of nitrogens with two attached hydrogens (primary N) is 1. The lowest BCUT2D eigenvalue weighted by molar-refractivity contribution is -0.133. The molecule has 0 radical (unpaired) electrons. The molecule has 2 aromatic heterocycles. The summed E-state index contributed by atoms with van der Waals surface area (Å²) < 4.78 is 1.19. The fourth-order valence-corrected chi connectivity index (χ4v) is 4.32. The van der Waals surface area contributed by atoms with Crippen LogP contribution in [-0.2, 0) is 11.3 Å². The first kappa shape index (κ1) is 18.4. The van der Waals surface area contributed by atoms with Crippen LogP contribution in [0.4, 0.5) is 5.69 Å². The van der Waals surface area contributed by atoms with Crippen molar-refractivity contribution in [2.24, 2.45) is 0 Å². The highest BCUT2D eigenvalue weighted by molar-refractivity contribution is 7.13. The van der Waals surface area contributed by atoms with Gasteiger partial charge in [-0.2, -0.15) is 5.10 Å². The maximum Gasteiger partial charge on any atom is 0.290 e. The zero-order valence-electron chi connectivity index (χ0n) is 15.5. The number of thiophene rings is 1. The lowest BCUT2D eigenvalue weighted by Gasteiger charge is -2.33. The topological polar surface area (TPSA) is 81.2 Å². The van der Waals surface area contributed by atoms with Gasteiger partial charge in [-0.25, -0.2) is 4.68 Å². The Labute approximate surface area is 167 Å². The molecule has 0 aliphatic carbocycles. The summed E-state index contributed by atoms with van der Waals surface area (Å²) in [4.78, 5) is 28.0. The van der Waals surface area contributed by atoms with Crippen molar-refractivity contribution in [2.45, 2.75) is 25.3 Å². The molecule has 0 unspecified atom stereocenters. The number of nitrogens with zero attached hydrogens (tertiary/aromatic N) is 3. The molecule has 1 saturated heterocycles. The van der Waals surface area contributed by atoms with E-state index in [0.717, 1.165) is 17.7 Å². The molecule has 1 aliphatic rings. The monoisotopic (exact) mass is 394 g/mol. The molecule has 1 atom stereocenters. The Bertz CT molecular complexity index is 1010. The number of nitrogen functional groups attached to an aromatic ring is 1. The van der Waals surface area contributed by atoms with Crippen molar-refractivity contribution in [3.05, 3.63) is 69.8 Å². The lowest BCUT2D eigenvalue weighted by Crippen LogP contribution is -2.42. The Morgan fingerprint density at radius 3 is 2.79 bits per heavy atom. The molecule has 0 saturated carbocycles. The van der Waals surface area contributed by atoms with E-state index in [1.54, 1.807) is 6.07 Å². The van der Waals surface area contributed by atoms with E-state index in [4.69, 9.17) is 5.73 Å². The van der Waals surface area contributed by atoms with Crippen LogP contribution >= 0.6 is 11.3 Å². The van der Waals surface area contributed by atoms with Crippen LogP contribution in [0.3, 0.4) is 0 Å². The van der Waals surface area contributed by atoms with Crippen molar-refractivity contribution in [1.29, 1.82) is 0 Å². The maximum atomic E-state index is 12.9. The predicted octanol–water partition coefficient (Wildman–Crippen LogP) is 2.96. The number of carbonyl (C=O) groups is 1. The Balaban J connectivity index is 1.52. The molecular weight excluding hydrogens is 372 g/mol. The van der Waals surface area contributed by atoms with E-state index in [1.807, 2.05) is 40.6 Å². The molecular formula is C21H22N4O2S. The van der Waals surface area contributed by atoms with Crippen molar-refractivity contribution in [3.8, 4) is 10.6 Å². The van der Waals surface area contributed by atoms with Gasteiger partial charge in [-0.15, -0.1) is 11.3 Å². The summed E-state index contributed by atoms with van der Waals surface area (Å²) >= 11 is 1.52. The quantitative estimate of drug-likeness (QED) is 0.738. The van der Waals surface area contributed by atoms with Crippen molar-refractivity contribution in [2.75, 3.05) is 18.8 Å². The maximum absolute atomic E-state index is 12.9. The molecule has 6 nitrogen and oxygen atoms in total. The van der Waals surface area contributed by atoms with Crippen LogP contribution in [0.1, 0.15) is 24.3 Å². The van der Waals surface area contributed by atoms with Gasteiger partial charge in [0.05, 0.1) is 4.88 Å². The molecule has 1 amide bonds. The molecule has 0 spiro atoms. The third-order valence-corrected chi connectivity index (χ3v) is 6.00. The van der Waals surface area contributed by atoms with Crippen LogP contribution in [0.15, 0.2) is 58.7 Å². The number of anilines is 1. The van der Waals surface area contributed by atoms with Crippen molar-refractivity contribution in [3.63, 3.8) is 0 Å². The van der Waals surface area contributed by atoms with Gasteiger partial charge in [0.2, 0.25) is 5.91 Å². The second-order valence-corrected chi connectivity index (χ2v) is 7.96. The van der Waals surface area contributed by atoms with Gasteiger partial charge >= 0.3 is 0 Å². The Morgan fingerprint density at radius 1 is 1.21 bits per heavy atom. The highest BCUT2D eigenvalue weighted by Gasteiger charge is 2.25. The van der Waals surface area contributed by atoms with E-state index >= 15 is 0 Å². The zero-order chi connectivity index (χ0) is 19.5. The fraction of sp³-hybridized carbons (Fsp3) is 0.286. The zero-order valence-corrected chi connectivity index (χ0v) is 16.3. The number of benzene rings is 1. The van der Waals surface area contributed by atoms with E-state index < -0.39 is 5.56 Å². The van der Waals surface area contributed by atoms with Crippen LogP contribution in [-0.4, -0.2) is 33.7 Å². The second kappa shape index (κ2) is 7.98. The summed E-state index contributed by atoms with van der Waals surface area (Å²) in [5, 5.41) is 6.31. The standard InChI is InChI=1S/C21H22N4O2S/c22-17-12-18(19-9-5-11-28-19)23-25(21(17)27)14-20(26)24-10-4-8-16(13-24)15-6-2-1-3-7-15/h1-3,5-7,9,11-12,16H,4,8,10,13-14,22H2/t16-/m1/s1. The number of rotatable bonds is 4. The van der Waals surface area contributed by atoms with Gasteiger partial charge in [0.1, 0.15) is 17.9 Å². The van der Waals surface area contributed by atoms with E-state index in [9.17, 15) is 9.59 Å². The number of likely N-dealkylation sites (tertiary alicyclic amines) is 1. The molecule has 2 N–H and O–H groups in total. The van der Waals surface area contributed by atoms with Crippen LogP contribution in [0.5, 0.6) is 0 Å². The predicted molar refractivity (Wildman–Crippen MR) is 111 cm³/mol. The van der Waals surface area contributed by atoms with Crippen LogP contribution in [0.25, 0.3) is 10.6 Å². The summed E-state index contributed by atoms with van der Waals surface area (Å²) in [6, 6.07) is 15.7. The van der Waals surface area contributed by atoms with Gasteiger partial charge in [-0.05, 0) is 35.9 Å². The third-order valence-electron chi connectivity index (χ3n) is 5.11. The van der Waals surface area contributed by atoms with Gasteiger partial charge in [0, 0.05) is 19.0 Å². The molecule has 7 heteroatoms.